The Balaban J connectivity index is 1.83. The van der Waals surface area contributed by atoms with Crippen molar-refractivity contribution < 1.29 is 14.3 Å². The van der Waals surface area contributed by atoms with E-state index in [1.54, 1.807) is 36.4 Å². The Morgan fingerprint density at radius 1 is 1.04 bits per heavy atom. The van der Waals surface area contributed by atoms with E-state index in [2.05, 4.69) is 21.2 Å². The van der Waals surface area contributed by atoms with Gasteiger partial charge in [-0.05, 0) is 62.0 Å². The molecule has 2 aromatic rings. The number of nitrogens with zero attached hydrogens (tertiary/aromatic N) is 1. The quantitative estimate of drug-likeness (QED) is 0.551. The molecule has 0 radical (unpaired) electrons. The van der Waals surface area contributed by atoms with Gasteiger partial charge < -0.3 is 4.74 Å². The number of nitrogens with one attached hydrogen (secondary N) is 3. The largest absolute Gasteiger partial charge is 0.491 e. The van der Waals surface area contributed by atoms with Crippen LogP contribution in [0.5, 0.6) is 5.75 Å². The van der Waals surface area contributed by atoms with E-state index in [4.69, 9.17) is 17.0 Å². The van der Waals surface area contributed by atoms with Gasteiger partial charge in [0.05, 0.1) is 6.10 Å². The number of pyridine rings is 1. The maximum atomic E-state index is 12.2. The number of aromatic nitrogens is 1. The first-order chi connectivity index (χ1) is 12.5. The van der Waals surface area contributed by atoms with Crippen LogP contribution < -0.4 is 20.9 Å². The van der Waals surface area contributed by atoms with Gasteiger partial charge >= 0.3 is 0 Å². The van der Waals surface area contributed by atoms with E-state index < -0.39 is 11.8 Å². The van der Waals surface area contributed by atoms with Gasteiger partial charge in [0, 0.05) is 23.5 Å². The van der Waals surface area contributed by atoms with E-state index in [1.807, 2.05) is 13.8 Å². The topological polar surface area (TPSA) is 92.4 Å². The predicted molar refractivity (Wildman–Crippen MR) is 102 cm³/mol. The Hall–Kier alpha value is -3.00. The molecule has 1 aromatic heterocycles. The van der Waals surface area contributed by atoms with E-state index in [9.17, 15) is 9.59 Å². The highest BCUT2D eigenvalue weighted by Gasteiger charge is 2.10. The molecule has 0 saturated carbocycles. The van der Waals surface area contributed by atoms with Crippen LogP contribution in [0.15, 0.2) is 48.8 Å². The third kappa shape index (κ3) is 5.82. The van der Waals surface area contributed by atoms with Crippen molar-refractivity contribution >= 4 is 29.1 Å². The van der Waals surface area contributed by atoms with Crippen molar-refractivity contribution in [2.45, 2.75) is 26.4 Å². The fraction of sp³-hybridized carbons (Fsp3) is 0.222. The Labute approximate surface area is 157 Å². The molecule has 0 aliphatic rings. The standard InChI is InChI=1S/C18H20N4O3S/c1-3-12(2)25-15-6-4-13(5-7-15)16(23)20-18(26)22-21-17(24)14-8-10-19-11-9-14/h4-12H,3H2,1-2H3,(H,21,24)(H2,20,22,23,26)/t12-/m1/s1. The number of hydrazine groups is 1. The fourth-order valence-corrected chi connectivity index (χ4v) is 2.04. The second kappa shape index (κ2) is 9.47. The molecule has 1 heterocycles. The Morgan fingerprint density at radius 3 is 2.27 bits per heavy atom. The summed E-state index contributed by atoms with van der Waals surface area (Å²) in [6.07, 6.45) is 4.01. The Kier molecular flexibility index (Phi) is 7.04. The average molecular weight is 372 g/mol. The summed E-state index contributed by atoms with van der Waals surface area (Å²) in [5.74, 6) is -0.0903. The number of carbonyl (C=O) groups is 2. The van der Waals surface area contributed by atoms with Crippen LogP contribution in [0, 0.1) is 0 Å². The summed E-state index contributed by atoms with van der Waals surface area (Å²) in [6, 6.07) is 9.85. The summed E-state index contributed by atoms with van der Waals surface area (Å²) in [6.45, 7) is 4.01. The van der Waals surface area contributed by atoms with Gasteiger partial charge in [-0.3, -0.25) is 30.7 Å². The minimum absolute atomic E-state index is 0.0164. The molecule has 0 saturated heterocycles. The lowest BCUT2D eigenvalue weighted by atomic mass is 10.2. The van der Waals surface area contributed by atoms with Crippen molar-refractivity contribution in [2.75, 3.05) is 0 Å². The van der Waals surface area contributed by atoms with Crippen LogP contribution in [0.4, 0.5) is 0 Å². The van der Waals surface area contributed by atoms with E-state index in [0.717, 1.165) is 6.42 Å². The van der Waals surface area contributed by atoms with Crippen LogP contribution in [0.2, 0.25) is 0 Å². The fourth-order valence-electron chi connectivity index (χ4n) is 1.90. The number of ether oxygens (including phenoxy) is 1. The van der Waals surface area contributed by atoms with Crippen LogP contribution in [0.3, 0.4) is 0 Å². The summed E-state index contributed by atoms with van der Waals surface area (Å²) in [4.78, 5) is 27.9. The molecular weight excluding hydrogens is 352 g/mol. The molecule has 0 spiro atoms. The van der Waals surface area contributed by atoms with Gasteiger partial charge in [-0.15, -0.1) is 0 Å². The van der Waals surface area contributed by atoms with Crippen molar-refractivity contribution in [2.24, 2.45) is 0 Å². The predicted octanol–water partition coefficient (Wildman–Crippen LogP) is 2.21. The number of amides is 2. The van der Waals surface area contributed by atoms with Crippen LogP contribution in [0.25, 0.3) is 0 Å². The summed E-state index contributed by atoms with van der Waals surface area (Å²) >= 11 is 5.00. The van der Waals surface area contributed by atoms with Crippen molar-refractivity contribution in [3.05, 3.63) is 59.9 Å². The highest BCUT2D eigenvalue weighted by molar-refractivity contribution is 7.80. The van der Waals surface area contributed by atoms with Crippen molar-refractivity contribution in [1.82, 2.24) is 21.2 Å². The molecule has 7 nitrogen and oxygen atoms in total. The van der Waals surface area contributed by atoms with Gasteiger partial charge in [0.2, 0.25) is 0 Å². The van der Waals surface area contributed by atoms with Gasteiger partial charge in [0.15, 0.2) is 5.11 Å². The molecule has 0 fully saturated rings. The zero-order chi connectivity index (χ0) is 18.9. The monoisotopic (exact) mass is 372 g/mol. The smallest absolute Gasteiger partial charge is 0.269 e. The lowest BCUT2D eigenvalue weighted by Crippen LogP contribution is -2.48. The van der Waals surface area contributed by atoms with Gasteiger partial charge in [0.1, 0.15) is 5.75 Å². The summed E-state index contributed by atoms with van der Waals surface area (Å²) in [5.41, 5.74) is 5.72. The lowest BCUT2D eigenvalue weighted by molar-refractivity contribution is 0.0934. The molecule has 8 heteroatoms. The molecule has 2 amide bonds. The second-order valence-electron chi connectivity index (χ2n) is 5.46. The first-order valence-corrected chi connectivity index (χ1v) is 8.48. The molecule has 1 aromatic carbocycles. The maximum absolute atomic E-state index is 12.2. The molecule has 0 aliphatic carbocycles. The minimum atomic E-state index is -0.393. The molecule has 0 unspecified atom stereocenters. The highest BCUT2D eigenvalue weighted by Crippen LogP contribution is 2.14. The molecular formula is C18H20N4O3S. The first kappa shape index (κ1) is 19.3. The molecule has 3 N–H and O–H groups in total. The summed E-state index contributed by atoms with van der Waals surface area (Å²) < 4.78 is 5.66. The normalized spacial score (nSPS) is 11.2. The van der Waals surface area contributed by atoms with Crippen molar-refractivity contribution in [3.8, 4) is 5.75 Å². The van der Waals surface area contributed by atoms with E-state index in [1.165, 1.54) is 12.4 Å². The first-order valence-electron chi connectivity index (χ1n) is 8.08. The van der Waals surface area contributed by atoms with E-state index >= 15 is 0 Å². The average Bonchev–Trinajstić information content (AvgIpc) is 2.67. The van der Waals surface area contributed by atoms with Crippen LogP contribution >= 0.6 is 12.2 Å². The number of hydrogen-bond acceptors (Lipinski definition) is 5. The maximum Gasteiger partial charge on any atom is 0.269 e. The highest BCUT2D eigenvalue weighted by atomic mass is 32.1. The molecule has 0 aliphatic heterocycles. The Morgan fingerprint density at radius 2 is 1.65 bits per heavy atom. The third-order valence-electron chi connectivity index (χ3n) is 3.49. The molecule has 136 valence electrons. The van der Waals surface area contributed by atoms with Crippen LogP contribution in [0.1, 0.15) is 41.0 Å². The number of carbonyl (C=O) groups excluding carboxylic acids is 2. The van der Waals surface area contributed by atoms with Gasteiger partial charge in [-0.25, -0.2) is 0 Å². The van der Waals surface area contributed by atoms with Crippen LogP contribution in [-0.2, 0) is 0 Å². The van der Waals surface area contributed by atoms with Gasteiger partial charge in [-0.2, -0.15) is 0 Å². The lowest BCUT2D eigenvalue weighted by Gasteiger charge is -2.13. The Bertz CT molecular complexity index is 766. The zero-order valence-electron chi connectivity index (χ0n) is 14.5. The van der Waals surface area contributed by atoms with Gasteiger partial charge in [-0.1, -0.05) is 6.92 Å². The number of benzene rings is 1. The van der Waals surface area contributed by atoms with Crippen molar-refractivity contribution in [3.63, 3.8) is 0 Å². The number of hydrogen-bond donors (Lipinski definition) is 3. The molecule has 2 rings (SSSR count). The molecule has 0 bridgehead atoms. The molecule has 26 heavy (non-hydrogen) atoms. The van der Waals surface area contributed by atoms with Gasteiger partial charge in [0.25, 0.3) is 11.8 Å². The number of thiocarbonyl (C=S) groups is 1. The van der Waals surface area contributed by atoms with E-state index in [-0.39, 0.29) is 11.2 Å². The number of rotatable bonds is 5. The van der Waals surface area contributed by atoms with Crippen molar-refractivity contribution in [1.29, 1.82) is 0 Å². The summed E-state index contributed by atoms with van der Waals surface area (Å²) in [7, 11) is 0. The SMILES string of the molecule is CC[C@@H](C)Oc1ccc(C(=O)NC(=S)NNC(=O)c2ccncc2)cc1. The molecule has 1 atom stereocenters. The van der Waals surface area contributed by atoms with E-state index in [0.29, 0.717) is 16.9 Å². The minimum Gasteiger partial charge on any atom is -0.491 e. The van der Waals surface area contributed by atoms with Crippen LogP contribution in [-0.4, -0.2) is 28.0 Å². The third-order valence-corrected chi connectivity index (χ3v) is 3.69. The summed E-state index contributed by atoms with van der Waals surface area (Å²) in [5, 5.41) is 2.47. The zero-order valence-corrected chi connectivity index (χ0v) is 15.3. The second-order valence-corrected chi connectivity index (χ2v) is 5.87.